The molecule has 2 rings (SSSR count). The van der Waals surface area contributed by atoms with E-state index >= 15 is 0 Å². The summed E-state index contributed by atoms with van der Waals surface area (Å²) >= 11 is 0. The first-order valence-corrected chi connectivity index (χ1v) is 8.96. The summed E-state index contributed by atoms with van der Waals surface area (Å²) in [5, 5.41) is 5.76. The smallest absolute Gasteiger partial charge is 0.356 e. The first kappa shape index (κ1) is 24.0. The van der Waals surface area contributed by atoms with Crippen LogP contribution in [0.15, 0.2) is 35.3 Å². The minimum atomic E-state index is -4.15. The van der Waals surface area contributed by atoms with E-state index in [1.807, 2.05) is 6.07 Å². The van der Waals surface area contributed by atoms with E-state index in [-0.39, 0.29) is 30.5 Å². The van der Waals surface area contributed by atoms with E-state index in [1.165, 1.54) is 5.56 Å². The van der Waals surface area contributed by atoms with Crippen molar-refractivity contribution in [2.24, 2.45) is 4.99 Å². The van der Waals surface area contributed by atoms with Crippen LogP contribution in [0.2, 0.25) is 0 Å². The van der Waals surface area contributed by atoms with Crippen molar-refractivity contribution in [1.82, 2.24) is 20.4 Å². The highest BCUT2D eigenvalue weighted by molar-refractivity contribution is 14.0. The zero-order chi connectivity index (χ0) is 18.8. The fourth-order valence-electron chi connectivity index (χ4n) is 2.89. The van der Waals surface area contributed by atoms with Gasteiger partial charge in [-0.15, -0.1) is 24.0 Å². The molecule has 0 unspecified atom stereocenters. The molecule has 1 aliphatic rings. The van der Waals surface area contributed by atoms with E-state index in [9.17, 15) is 13.2 Å². The molecule has 0 aliphatic carbocycles. The number of guanidine groups is 1. The number of benzene rings is 1. The quantitative estimate of drug-likeness (QED) is 0.344. The SMILES string of the molecule is CN=C(NCCN1CCN(Cc2ccccc2)CC1)NCCC(F)(F)F.I. The van der Waals surface area contributed by atoms with Gasteiger partial charge in [0.15, 0.2) is 5.96 Å². The third-order valence-electron chi connectivity index (χ3n) is 4.36. The molecule has 5 nitrogen and oxygen atoms in total. The van der Waals surface area contributed by atoms with Crippen molar-refractivity contribution in [3.8, 4) is 0 Å². The molecule has 154 valence electrons. The molecule has 1 aromatic carbocycles. The van der Waals surface area contributed by atoms with Crippen LogP contribution in [0, 0.1) is 0 Å². The summed E-state index contributed by atoms with van der Waals surface area (Å²) < 4.78 is 36.5. The summed E-state index contributed by atoms with van der Waals surface area (Å²) in [4.78, 5) is 8.75. The second kappa shape index (κ2) is 12.4. The Balaban J connectivity index is 0.00000364. The van der Waals surface area contributed by atoms with Crippen molar-refractivity contribution in [2.75, 3.05) is 52.9 Å². The molecule has 0 amide bonds. The Bertz CT molecular complexity index is 546. The molecule has 0 aromatic heterocycles. The van der Waals surface area contributed by atoms with Crippen LogP contribution in [-0.2, 0) is 6.54 Å². The average Bonchev–Trinajstić information content (AvgIpc) is 2.62. The molecule has 2 N–H and O–H groups in total. The summed E-state index contributed by atoms with van der Waals surface area (Å²) in [6.45, 7) is 6.34. The lowest BCUT2D eigenvalue weighted by Crippen LogP contribution is -2.49. The lowest BCUT2D eigenvalue weighted by atomic mass is 10.2. The highest BCUT2D eigenvalue weighted by Gasteiger charge is 2.26. The van der Waals surface area contributed by atoms with Crippen LogP contribution in [0.25, 0.3) is 0 Å². The lowest BCUT2D eigenvalue weighted by Gasteiger charge is -2.34. The zero-order valence-corrected chi connectivity index (χ0v) is 18.0. The summed E-state index contributed by atoms with van der Waals surface area (Å²) in [5.74, 6) is 0.414. The van der Waals surface area contributed by atoms with Gasteiger partial charge < -0.3 is 10.6 Å². The van der Waals surface area contributed by atoms with Gasteiger partial charge in [0.1, 0.15) is 0 Å². The van der Waals surface area contributed by atoms with Crippen LogP contribution in [0.1, 0.15) is 12.0 Å². The summed E-state index contributed by atoms with van der Waals surface area (Å²) in [5.41, 5.74) is 1.33. The first-order valence-electron chi connectivity index (χ1n) is 8.96. The zero-order valence-electron chi connectivity index (χ0n) is 15.6. The van der Waals surface area contributed by atoms with E-state index in [2.05, 4.69) is 49.7 Å². The molecule has 27 heavy (non-hydrogen) atoms. The van der Waals surface area contributed by atoms with Gasteiger partial charge in [0.2, 0.25) is 0 Å². The van der Waals surface area contributed by atoms with Gasteiger partial charge in [-0.2, -0.15) is 13.2 Å². The normalized spacial score (nSPS) is 16.7. The molecule has 0 bridgehead atoms. The second-order valence-electron chi connectivity index (χ2n) is 6.39. The number of nitrogens with zero attached hydrogens (tertiary/aromatic N) is 3. The maximum Gasteiger partial charge on any atom is 0.390 e. The maximum absolute atomic E-state index is 12.2. The molecule has 0 saturated carbocycles. The van der Waals surface area contributed by atoms with Crippen molar-refractivity contribution in [3.05, 3.63) is 35.9 Å². The second-order valence-corrected chi connectivity index (χ2v) is 6.39. The summed E-state index contributed by atoms with van der Waals surface area (Å²) in [6, 6.07) is 10.4. The number of rotatable bonds is 7. The van der Waals surface area contributed by atoms with Crippen LogP contribution in [0.4, 0.5) is 13.2 Å². The Morgan fingerprint density at radius 1 is 1.00 bits per heavy atom. The number of aliphatic imine (C=N–C) groups is 1. The van der Waals surface area contributed by atoms with E-state index in [0.29, 0.717) is 12.5 Å². The van der Waals surface area contributed by atoms with Gasteiger partial charge in [-0.25, -0.2) is 0 Å². The standard InChI is InChI=1S/C18H28F3N5.HI/c1-22-17(23-8-7-18(19,20)21)24-9-10-25-11-13-26(14-12-25)15-16-5-3-2-4-6-16;/h2-6H,7-15H2,1H3,(H2,22,23,24);1H. The maximum atomic E-state index is 12.2. The van der Waals surface area contributed by atoms with Crippen molar-refractivity contribution in [2.45, 2.75) is 19.1 Å². The Labute approximate surface area is 176 Å². The third-order valence-corrected chi connectivity index (χ3v) is 4.36. The van der Waals surface area contributed by atoms with E-state index in [0.717, 1.165) is 39.3 Å². The molecule has 1 saturated heterocycles. The van der Waals surface area contributed by atoms with Crippen LogP contribution in [0.3, 0.4) is 0 Å². The van der Waals surface area contributed by atoms with E-state index in [1.54, 1.807) is 7.05 Å². The molecule has 1 heterocycles. The van der Waals surface area contributed by atoms with Crippen LogP contribution in [-0.4, -0.2) is 74.8 Å². The van der Waals surface area contributed by atoms with Crippen molar-refractivity contribution >= 4 is 29.9 Å². The average molecular weight is 499 g/mol. The number of nitrogens with one attached hydrogen (secondary N) is 2. The molecule has 0 spiro atoms. The van der Waals surface area contributed by atoms with Crippen LogP contribution in [0.5, 0.6) is 0 Å². The highest BCUT2D eigenvalue weighted by atomic mass is 127. The van der Waals surface area contributed by atoms with Gasteiger partial charge in [-0.3, -0.25) is 14.8 Å². The van der Waals surface area contributed by atoms with Gasteiger partial charge in [0.25, 0.3) is 0 Å². The predicted molar refractivity (Wildman–Crippen MR) is 114 cm³/mol. The molecule has 1 aromatic rings. The molecule has 0 atom stereocenters. The first-order chi connectivity index (χ1) is 12.5. The minimum Gasteiger partial charge on any atom is -0.356 e. The fraction of sp³-hybridized carbons (Fsp3) is 0.611. The van der Waals surface area contributed by atoms with Gasteiger partial charge in [0.05, 0.1) is 6.42 Å². The van der Waals surface area contributed by atoms with Gasteiger partial charge in [-0.1, -0.05) is 30.3 Å². The Kier molecular flexibility index (Phi) is 11.0. The molecule has 0 radical (unpaired) electrons. The predicted octanol–water partition coefficient (Wildman–Crippen LogP) is 2.54. The van der Waals surface area contributed by atoms with Gasteiger partial charge in [0, 0.05) is 59.4 Å². The van der Waals surface area contributed by atoms with Crippen molar-refractivity contribution in [3.63, 3.8) is 0 Å². The van der Waals surface area contributed by atoms with Crippen molar-refractivity contribution in [1.29, 1.82) is 0 Å². The number of hydrogen-bond acceptors (Lipinski definition) is 3. The third kappa shape index (κ3) is 10.2. The molecular formula is C18H29F3IN5. The van der Waals surface area contributed by atoms with E-state index in [4.69, 9.17) is 0 Å². The van der Waals surface area contributed by atoms with Gasteiger partial charge >= 0.3 is 6.18 Å². The number of alkyl halides is 3. The van der Waals surface area contributed by atoms with Crippen LogP contribution >= 0.6 is 24.0 Å². The van der Waals surface area contributed by atoms with Crippen molar-refractivity contribution < 1.29 is 13.2 Å². The Hall–Kier alpha value is -1.07. The largest absolute Gasteiger partial charge is 0.390 e. The Morgan fingerprint density at radius 2 is 1.59 bits per heavy atom. The fourth-order valence-corrected chi connectivity index (χ4v) is 2.89. The monoisotopic (exact) mass is 499 g/mol. The topological polar surface area (TPSA) is 42.9 Å². The molecule has 9 heteroatoms. The lowest BCUT2D eigenvalue weighted by molar-refractivity contribution is -0.132. The Morgan fingerprint density at radius 3 is 2.19 bits per heavy atom. The number of hydrogen-bond donors (Lipinski definition) is 2. The molecular weight excluding hydrogens is 470 g/mol. The van der Waals surface area contributed by atoms with Crippen LogP contribution < -0.4 is 10.6 Å². The minimum absolute atomic E-state index is 0. The number of halogens is 4. The van der Waals surface area contributed by atoms with Gasteiger partial charge in [-0.05, 0) is 5.56 Å². The number of piperazine rings is 1. The highest BCUT2D eigenvalue weighted by Crippen LogP contribution is 2.18. The summed E-state index contributed by atoms with van der Waals surface area (Å²) in [6.07, 6.45) is -5.01. The molecule has 1 fully saturated rings. The molecule has 1 aliphatic heterocycles. The summed E-state index contributed by atoms with van der Waals surface area (Å²) in [7, 11) is 1.56. The van der Waals surface area contributed by atoms with E-state index < -0.39 is 12.6 Å².